The molecule has 0 radical (unpaired) electrons. The monoisotopic (exact) mass is 511 g/mol. The molecule has 8 aromatic rings. The maximum atomic E-state index is 4.53. The molecule has 3 aromatic heterocycles. The van der Waals surface area contributed by atoms with Crippen molar-refractivity contribution in [1.82, 2.24) is 24.9 Å². The van der Waals surface area contributed by atoms with Crippen LogP contribution in [0.3, 0.4) is 0 Å². The highest BCUT2D eigenvalue weighted by atomic mass is 14.9. The fourth-order valence-electron chi connectivity index (χ4n) is 5.76. The Morgan fingerprint density at radius 3 is 1.43 bits per heavy atom. The summed E-state index contributed by atoms with van der Waals surface area (Å²) in [6, 6.07) is 31.9. The molecule has 5 nitrogen and oxygen atoms in total. The van der Waals surface area contributed by atoms with Crippen molar-refractivity contribution >= 4 is 32.3 Å². The van der Waals surface area contributed by atoms with Crippen LogP contribution in [-0.2, 0) is 0 Å². The van der Waals surface area contributed by atoms with E-state index in [4.69, 9.17) is 0 Å². The van der Waals surface area contributed by atoms with Crippen LogP contribution in [0.2, 0.25) is 0 Å². The molecule has 0 aliphatic carbocycles. The van der Waals surface area contributed by atoms with E-state index in [1.54, 1.807) is 24.8 Å². The molecular weight excluding hydrogens is 490 g/mol. The molecule has 0 amide bonds. The molecule has 0 fully saturated rings. The van der Waals surface area contributed by atoms with Crippen LogP contribution in [0.1, 0.15) is 0 Å². The predicted octanol–water partition coefficient (Wildman–Crippen LogP) is 8.23. The normalized spacial score (nSPS) is 11.5. The number of aromatic nitrogens is 5. The van der Waals surface area contributed by atoms with E-state index in [1.165, 1.54) is 37.9 Å². The highest BCUT2D eigenvalue weighted by Crippen LogP contribution is 2.43. The van der Waals surface area contributed by atoms with Crippen molar-refractivity contribution < 1.29 is 0 Å². The summed E-state index contributed by atoms with van der Waals surface area (Å²) >= 11 is 0. The Balaban J connectivity index is 1.41. The lowest BCUT2D eigenvalue weighted by molar-refractivity contribution is 1.16. The predicted molar refractivity (Wildman–Crippen MR) is 161 cm³/mol. The maximum absolute atomic E-state index is 4.53. The van der Waals surface area contributed by atoms with Crippen LogP contribution >= 0.6 is 0 Å². The van der Waals surface area contributed by atoms with Crippen LogP contribution < -0.4 is 0 Å². The van der Waals surface area contributed by atoms with Crippen LogP contribution in [0.15, 0.2) is 128 Å². The van der Waals surface area contributed by atoms with Gasteiger partial charge in [0.2, 0.25) is 0 Å². The van der Waals surface area contributed by atoms with Gasteiger partial charge in [-0.1, -0.05) is 54.6 Å². The van der Waals surface area contributed by atoms with Crippen molar-refractivity contribution in [3.05, 3.63) is 128 Å². The first-order chi connectivity index (χ1) is 19.8. The van der Waals surface area contributed by atoms with E-state index in [1.807, 2.05) is 30.6 Å². The third kappa shape index (κ3) is 3.60. The van der Waals surface area contributed by atoms with Gasteiger partial charge in [0.25, 0.3) is 0 Å². The van der Waals surface area contributed by atoms with Gasteiger partial charge in [0.05, 0.1) is 0 Å². The van der Waals surface area contributed by atoms with Gasteiger partial charge in [0.1, 0.15) is 0 Å². The van der Waals surface area contributed by atoms with Crippen molar-refractivity contribution in [3.8, 4) is 45.0 Å². The first-order valence-corrected chi connectivity index (χ1v) is 13.1. The molecule has 0 saturated carbocycles. The summed E-state index contributed by atoms with van der Waals surface area (Å²) in [6.07, 6.45) is 10.8. The Morgan fingerprint density at radius 1 is 0.400 bits per heavy atom. The minimum absolute atomic E-state index is 0.667. The average Bonchev–Trinajstić information content (AvgIpc) is 3.04. The molecule has 0 aliphatic rings. The highest BCUT2D eigenvalue weighted by molar-refractivity contribution is 6.27. The van der Waals surface area contributed by atoms with E-state index < -0.39 is 0 Å². The van der Waals surface area contributed by atoms with Gasteiger partial charge in [-0.15, -0.1) is 0 Å². The van der Waals surface area contributed by atoms with Gasteiger partial charge in [-0.2, -0.15) is 0 Å². The van der Waals surface area contributed by atoms with Gasteiger partial charge in [-0.3, -0.25) is 4.98 Å². The zero-order valence-corrected chi connectivity index (χ0v) is 21.4. The second-order valence-electron chi connectivity index (χ2n) is 9.83. The first-order valence-electron chi connectivity index (χ1n) is 13.1. The standard InChI is InChI=1S/C35H21N5/c1-4-24(21-36-13-1)28-9-5-22-8-12-31-29(10-6-23-7-11-30(28)32(22)33(23)31)25-18-26(34-37-14-2-15-38-34)20-27(19-25)35-39-16-3-17-40-35/h1-21H. The fourth-order valence-corrected chi connectivity index (χ4v) is 5.76. The minimum atomic E-state index is 0.667. The smallest absolute Gasteiger partial charge is 0.159 e. The second kappa shape index (κ2) is 9.03. The Hall–Kier alpha value is -5.55. The number of hydrogen-bond donors (Lipinski definition) is 0. The molecule has 0 saturated heterocycles. The molecule has 0 atom stereocenters. The van der Waals surface area contributed by atoms with Gasteiger partial charge in [0.15, 0.2) is 11.6 Å². The third-order valence-corrected chi connectivity index (χ3v) is 7.53. The average molecular weight is 512 g/mol. The highest BCUT2D eigenvalue weighted by Gasteiger charge is 2.16. The number of nitrogens with zero attached hydrogens (tertiary/aromatic N) is 5. The summed E-state index contributed by atoms with van der Waals surface area (Å²) in [6.45, 7) is 0. The lowest BCUT2D eigenvalue weighted by Gasteiger charge is -2.17. The Labute approximate surface area is 230 Å². The second-order valence-corrected chi connectivity index (χ2v) is 9.83. The number of hydrogen-bond acceptors (Lipinski definition) is 5. The molecule has 0 unspecified atom stereocenters. The van der Waals surface area contributed by atoms with Gasteiger partial charge < -0.3 is 0 Å². The summed E-state index contributed by atoms with van der Waals surface area (Å²) in [4.78, 5) is 22.5. The Morgan fingerprint density at radius 2 is 0.900 bits per heavy atom. The van der Waals surface area contributed by atoms with Crippen molar-refractivity contribution in [1.29, 1.82) is 0 Å². The van der Waals surface area contributed by atoms with E-state index in [-0.39, 0.29) is 0 Å². The summed E-state index contributed by atoms with van der Waals surface area (Å²) < 4.78 is 0. The number of benzene rings is 5. The van der Waals surface area contributed by atoms with Gasteiger partial charge in [-0.05, 0) is 85.4 Å². The largest absolute Gasteiger partial charge is 0.264 e. The summed E-state index contributed by atoms with van der Waals surface area (Å²) in [5, 5.41) is 7.40. The van der Waals surface area contributed by atoms with Gasteiger partial charge in [-0.25, -0.2) is 19.9 Å². The molecule has 186 valence electrons. The van der Waals surface area contributed by atoms with E-state index in [9.17, 15) is 0 Å². The lowest BCUT2D eigenvalue weighted by atomic mass is 9.87. The molecular formula is C35H21N5. The maximum Gasteiger partial charge on any atom is 0.159 e. The van der Waals surface area contributed by atoms with Crippen LogP contribution in [0.4, 0.5) is 0 Å². The molecule has 0 aliphatic heterocycles. The Kier molecular flexibility index (Phi) is 5.07. The summed E-state index contributed by atoms with van der Waals surface area (Å²) in [7, 11) is 0. The molecule has 3 heterocycles. The molecule has 0 spiro atoms. The zero-order chi connectivity index (χ0) is 26.5. The summed E-state index contributed by atoms with van der Waals surface area (Å²) in [5.41, 5.74) is 6.35. The van der Waals surface area contributed by atoms with Crippen molar-refractivity contribution in [2.75, 3.05) is 0 Å². The van der Waals surface area contributed by atoms with Crippen LogP contribution in [-0.4, -0.2) is 24.9 Å². The zero-order valence-electron chi connectivity index (χ0n) is 21.4. The quantitative estimate of drug-likeness (QED) is 0.223. The summed E-state index contributed by atoms with van der Waals surface area (Å²) in [5.74, 6) is 1.33. The molecule has 0 N–H and O–H groups in total. The van der Waals surface area contributed by atoms with E-state index in [0.29, 0.717) is 11.6 Å². The van der Waals surface area contributed by atoms with Crippen molar-refractivity contribution in [2.24, 2.45) is 0 Å². The SMILES string of the molecule is c1cnc(-c2cc(-c3ncccn3)cc(-c3ccc4ccc5c(-c6cccnc6)ccc6ccc3c4c65)c2)nc1. The minimum Gasteiger partial charge on any atom is -0.264 e. The molecule has 40 heavy (non-hydrogen) atoms. The van der Waals surface area contributed by atoms with Crippen LogP contribution in [0, 0.1) is 0 Å². The molecule has 5 aromatic carbocycles. The Bertz CT molecular complexity index is 2090. The van der Waals surface area contributed by atoms with Crippen molar-refractivity contribution in [2.45, 2.75) is 0 Å². The third-order valence-electron chi connectivity index (χ3n) is 7.53. The van der Waals surface area contributed by atoms with E-state index in [0.717, 1.165) is 27.8 Å². The number of pyridine rings is 1. The molecule has 0 bridgehead atoms. The van der Waals surface area contributed by atoms with Crippen LogP contribution in [0.5, 0.6) is 0 Å². The van der Waals surface area contributed by atoms with E-state index in [2.05, 4.69) is 97.7 Å². The van der Waals surface area contributed by atoms with E-state index >= 15 is 0 Å². The topological polar surface area (TPSA) is 64.5 Å². The van der Waals surface area contributed by atoms with Gasteiger partial charge >= 0.3 is 0 Å². The lowest BCUT2D eigenvalue weighted by Crippen LogP contribution is -1.93. The molecule has 5 heteroatoms. The van der Waals surface area contributed by atoms with Crippen LogP contribution in [0.25, 0.3) is 77.3 Å². The van der Waals surface area contributed by atoms with Gasteiger partial charge in [0, 0.05) is 53.9 Å². The fraction of sp³-hybridized carbons (Fsp3) is 0. The van der Waals surface area contributed by atoms with Crippen molar-refractivity contribution in [3.63, 3.8) is 0 Å². The number of rotatable bonds is 4. The first kappa shape index (κ1) is 22.4. The molecule has 8 rings (SSSR count).